The SMILES string of the molecule is CC(C)(C)OC(=O)C[C@@H](c1ccccc1)c1ccc2c(c1)OCO2. The maximum absolute atomic E-state index is 12.4. The number of hydrogen-bond donors (Lipinski definition) is 0. The Morgan fingerprint density at radius 3 is 2.46 bits per heavy atom. The molecule has 24 heavy (non-hydrogen) atoms. The average molecular weight is 326 g/mol. The van der Waals surface area contributed by atoms with E-state index in [0.717, 1.165) is 22.6 Å². The molecule has 0 bridgehead atoms. The third kappa shape index (κ3) is 3.88. The Hall–Kier alpha value is -2.49. The zero-order chi connectivity index (χ0) is 17.2. The molecular weight excluding hydrogens is 304 g/mol. The van der Waals surface area contributed by atoms with Crippen LogP contribution >= 0.6 is 0 Å². The Morgan fingerprint density at radius 1 is 1.04 bits per heavy atom. The molecule has 1 heterocycles. The van der Waals surface area contributed by atoms with Crippen molar-refractivity contribution in [1.82, 2.24) is 0 Å². The zero-order valence-corrected chi connectivity index (χ0v) is 14.2. The fraction of sp³-hybridized carbons (Fsp3) is 0.350. The summed E-state index contributed by atoms with van der Waals surface area (Å²) in [5.41, 5.74) is 1.59. The smallest absolute Gasteiger partial charge is 0.307 e. The highest BCUT2D eigenvalue weighted by Crippen LogP contribution is 2.37. The Morgan fingerprint density at radius 2 is 1.75 bits per heavy atom. The highest BCUT2D eigenvalue weighted by Gasteiger charge is 2.24. The second-order valence-electron chi connectivity index (χ2n) is 6.87. The summed E-state index contributed by atoms with van der Waals surface area (Å²) in [5, 5.41) is 0. The van der Waals surface area contributed by atoms with Crippen LogP contribution in [0.3, 0.4) is 0 Å². The fourth-order valence-electron chi connectivity index (χ4n) is 2.79. The number of carbonyl (C=O) groups is 1. The topological polar surface area (TPSA) is 44.8 Å². The van der Waals surface area contributed by atoms with Crippen LogP contribution < -0.4 is 9.47 Å². The van der Waals surface area contributed by atoms with Crippen LogP contribution in [0.1, 0.15) is 44.2 Å². The summed E-state index contributed by atoms with van der Waals surface area (Å²) >= 11 is 0. The van der Waals surface area contributed by atoms with Gasteiger partial charge in [0, 0.05) is 5.92 Å². The van der Waals surface area contributed by atoms with Crippen molar-refractivity contribution in [2.75, 3.05) is 6.79 Å². The zero-order valence-electron chi connectivity index (χ0n) is 14.2. The van der Waals surface area contributed by atoms with Crippen LogP contribution in [0.5, 0.6) is 11.5 Å². The summed E-state index contributed by atoms with van der Waals surface area (Å²) in [6.45, 7) is 5.87. The number of carbonyl (C=O) groups excluding carboxylic acids is 1. The molecule has 126 valence electrons. The lowest BCUT2D eigenvalue weighted by Gasteiger charge is -2.23. The fourth-order valence-corrected chi connectivity index (χ4v) is 2.79. The third-order valence-electron chi connectivity index (χ3n) is 3.79. The van der Waals surface area contributed by atoms with Gasteiger partial charge in [-0.1, -0.05) is 36.4 Å². The minimum absolute atomic E-state index is 0.0875. The van der Waals surface area contributed by atoms with Gasteiger partial charge in [0.15, 0.2) is 11.5 Å². The van der Waals surface area contributed by atoms with E-state index in [-0.39, 0.29) is 25.1 Å². The molecule has 2 aromatic carbocycles. The summed E-state index contributed by atoms with van der Waals surface area (Å²) in [7, 11) is 0. The lowest BCUT2D eigenvalue weighted by molar-refractivity contribution is -0.155. The van der Waals surface area contributed by atoms with E-state index in [1.807, 2.05) is 69.3 Å². The lowest BCUT2D eigenvalue weighted by atomic mass is 9.88. The molecule has 4 heteroatoms. The molecule has 0 radical (unpaired) electrons. The Bertz CT molecular complexity index is 716. The average Bonchev–Trinajstić information content (AvgIpc) is 2.99. The van der Waals surface area contributed by atoms with Gasteiger partial charge in [-0.25, -0.2) is 0 Å². The van der Waals surface area contributed by atoms with Crippen molar-refractivity contribution >= 4 is 5.97 Å². The first-order valence-electron chi connectivity index (χ1n) is 8.09. The highest BCUT2D eigenvalue weighted by atomic mass is 16.7. The van der Waals surface area contributed by atoms with Gasteiger partial charge in [0.25, 0.3) is 0 Å². The summed E-state index contributed by atoms with van der Waals surface area (Å²) in [6, 6.07) is 15.8. The molecule has 1 aliphatic rings. The highest BCUT2D eigenvalue weighted by molar-refractivity contribution is 5.72. The molecule has 2 aromatic rings. The van der Waals surface area contributed by atoms with Crippen LogP contribution in [0.25, 0.3) is 0 Å². The lowest BCUT2D eigenvalue weighted by Crippen LogP contribution is -2.25. The molecule has 0 fully saturated rings. The maximum atomic E-state index is 12.4. The van der Waals surface area contributed by atoms with Crippen molar-refractivity contribution in [3.8, 4) is 11.5 Å². The van der Waals surface area contributed by atoms with Crippen molar-refractivity contribution in [3.63, 3.8) is 0 Å². The second-order valence-corrected chi connectivity index (χ2v) is 6.87. The van der Waals surface area contributed by atoms with Crippen molar-refractivity contribution < 1.29 is 19.0 Å². The Balaban J connectivity index is 1.89. The van der Waals surface area contributed by atoms with Gasteiger partial charge in [-0.05, 0) is 44.0 Å². The minimum atomic E-state index is -0.493. The summed E-state index contributed by atoms with van der Waals surface area (Å²) in [5.74, 6) is 1.16. The van der Waals surface area contributed by atoms with Crippen LogP contribution in [-0.2, 0) is 9.53 Å². The molecule has 0 aromatic heterocycles. The van der Waals surface area contributed by atoms with Gasteiger partial charge in [0.1, 0.15) is 5.60 Å². The Labute approximate surface area is 142 Å². The van der Waals surface area contributed by atoms with Gasteiger partial charge in [-0.3, -0.25) is 4.79 Å². The van der Waals surface area contributed by atoms with Gasteiger partial charge < -0.3 is 14.2 Å². The minimum Gasteiger partial charge on any atom is -0.460 e. The quantitative estimate of drug-likeness (QED) is 0.787. The first-order chi connectivity index (χ1) is 11.4. The standard InChI is InChI=1S/C20H22O4/c1-20(2,3)24-19(21)12-16(14-7-5-4-6-8-14)15-9-10-17-18(11-15)23-13-22-17/h4-11,16H,12-13H2,1-3H3/t16-/m0/s1. The largest absolute Gasteiger partial charge is 0.460 e. The maximum Gasteiger partial charge on any atom is 0.307 e. The van der Waals surface area contributed by atoms with E-state index in [9.17, 15) is 4.79 Å². The number of ether oxygens (including phenoxy) is 3. The van der Waals surface area contributed by atoms with E-state index in [2.05, 4.69) is 0 Å². The molecule has 0 unspecified atom stereocenters. The van der Waals surface area contributed by atoms with Crippen molar-refractivity contribution in [3.05, 3.63) is 59.7 Å². The van der Waals surface area contributed by atoms with E-state index in [0.29, 0.717) is 0 Å². The van der Waals surface area contributed by atoms with Crippen LogP contribution in [0.2, 0.25) is 0 Å². The molecule has 3 rings (SSSR count). The second kappa shape index (κ2) is 6.56. The van der Waals surface area contributed by atoms with Crippen LogP contribution in [-0.4, -0.2) is 18.4 Å². The van der Waals surface area contributed by atoms with Crippen LogP contribution in [0.4, 0.5) is 0 Å². The third-order valence-corrected chi connectivity index (χ3v) is 3.79. The van der Waals surface area contributed by atoms with Crippen molar-refractivity contribution in [1.29, 1.82) is 0 Å². The Kier molecular flexibility index (Phi) is 4.47. The predicted molar refractivity (Wildman–Crippen MR) is 91.3 cm³/mol. The van der Waals surface area contributed by atoms with Gasteiger partial charge in [0.2, 0.25) is 6.79 Å². The van der Waals surface area contributed by atoms with Crippen molar-refractivity contribution in [2.24, 2.45) is 0 Å². The molecule has 0 saturated heterocycles. The van der Waals surface area contributed by atoms with Crippen LogP contribution in [0, 0.1) is 0 Å². The number of benzene rings is 2. The van der Waals surface area contributed by atoms with E-state index >= 15 is 0 Å². The number of hydrogen-bond acceptors (Lipinski definition) is 4. The van der Waals surface area contributed by atoms with Crippen molar-refractivity contribution in [2.45, 2.75) is 38.7 Å². The summed E-state index contributed by atoms with van der Waals surface area (Å²) in [6.07, 6.45) is 0.279. The molecular formula is C20H22O4. The summed E-state index contributed by atoms with van der Waals surface area (Å²) in [4.78, 5) is 12.4. The molecule has 0 spiro atoms. The number of rotatable bonds is 4. The van der Waals surface area contributed by atoms with E-state index < -0.39 is 5.60 Å². The summed E-state index contributed by atoms with van der Waals surface area (Å²) < 4.78 is 16.4. The van der Waals surface area contributed by atoms with Gasteiger partial charge in [0.05, 0.1) is 6.42 Å². The molecule has 1 aliphatic heterocycles. The van der Waals surface area contributed by atoms with Gasteiger partial charge in [-0.2, -0.15) is 0 Å². The van der Waals surface area contributed by atoms with E-state index in [1.54, 1.807) is 0 Å². The van der Waals surface area contributed by atoms with E-state index in [1.165, 1.54) is 0 Å². The normalized spacial score (nSPS) is 14.3. The molecule has 0 amide bonds. The molecule has 0 aliphatic carbocycles. The van der Waals surface area contributed by atoms with Gasteiger partial charge >= 0.3 is 5.97 Å². The molecule has 1 atom stereocenters. The monoisotopic (exact) mass is 326 g/mol. The molecule has 0 N–H and O–H groups in total. The predicted octanol–water partition coefficient (Wildman–Crippen LogP) is 4.28. The van der Waals surface area contributed by atoms with Crippen LogP contribution in [0.15, 0.2) is 48.5 Å². The number of esters is 1. The molecule has 0 saturated carbocycles. The molecule has 4 nitrogen and oxygen atoms in total. The van der Waals surface area contributed by atoms with E-state index in [4.69, 9.17) is 14.2 Å². The van der Waals surface area contributed by atoms with Gasteiger partial charge in [-0.15, -0.1) is 0 Å². The number of fused-ring (bicyclic) bond motifs is 1. The first kappa shape index (κ1) is 16.4. The first-order valence-corrected chi connectivity index (χ1v) is 8.09.